The summed E-state index contributed by atoms with van der Waals surface area (Å²) in [4.78, 5) is 14.5. The van der Waals surface area contributed by atoms with Crippen LogP contribution >= 0.6 is 23.1 Å². The molecule has 3 fully saturated rings. The van der Waals surface area contributed by atoms with Crippen molar-refractivity contribution in [3.63, 3.8) is 0 Å². The Morgan fingerprint density at radius 1 is 1.35 bits per heavy atom. The fourth-order valence-electron chi connectivity index (χ4n) is 5.02. The molecule has 3 saturated heterocycles. The molecule has 5 rings (SSSR count). The lowest BCUT2D eigenvalue weighted by molar-refractivity contribution is -0.938. The van der Waals surface area contributed by atoms with Crippen molar-refractivity contribution < 1.29 is 23.9 Å². The molecule has 0 radical (unpaired) electrons. The van der Waals surface area contributed by atoms with E-state index in [9.17, 15) is 9.90 Å². The van der Waals surface area contributed by atoms with Gasteiger partial charge in [0, 0.05) is 23.5 Å². The fourth-order valence-corrected chi connectivity index (χ4v) is 7.00. The van der Waals surface area contributed by atoms with Gasteiger partial charge >= 0.3 is 5.97 Å². The van der Waals surface area contributed by atoms with Crippen LogP contribution in [0.4, 0.5) is 0 Å². The first-order chi connectivity index (χ1) is 12.4. The van der Waals surface area contributed by atoms with Gasteiger partial charge in [0.15, 0.2) is 0 Å². The van der Waals surface area contributed by atoms with Gasteiger partial charge in [-0.3, -0.25) is 0 Å². The van der Waals surface area contributed by atoms with Crippen molar-refractivity contribution in [2.75, 3.05) is 19.8 Å². The number of piperidine rings is 1. The second-order valence-electron chi connectivity index (χ2n) is 8.22. The van der Waals surface area contributed by atoms with Crippen molar-refractivity contribution in [2.24, 2.45) is 0 Å². The predicted molar refractivity (Wildman–Crippen MR) is 101 cm³/mol. The van der Waals surface area contributed by atoms with E-state index in [-0.39, 0.29) is 6.10 Å². The summed E-state index contributed by atoms with van der Waals surface area (Å²) in [7, 11) is 4.51. The van der Waals surface area contributed by atoms with Gasteiger partial charge in [0.25, 0.3) is 0 Å². The van der Waals surface area contributed by atoms with Gasteiger partial charge in [-0.2, -0.15) is 0 Å². The number of likely N-dealkylation sites (N-methyl/N-ethyl adjacent to an activating group) is 1. The minimum absolute atomic E-state index is 0.140. The smallest absolute Gasteiger partial charge is 0.349 e. The first kappa shape index (κ1) is 17.3. The molecule has 1 aromatic heterocycles. The zero-order chi connectivity index (χ0) is 18.1. The summed E-state index contributed by atoms with van der Waals surface area (Å²) in [6.45, 7) is 0. The number of allylic oxidation sites excluding steroid dienone is 1. The normalized spacial score (nSPS) is 39.0. The Hall–Kier alpha value is -0.860. The molecule has 1 N–H and O–H groups in total. The molecular weight excluding hydrogens is 370 g/mol. The molecule has 5 atom stereocenters. The minimum atomic E-state index is -1.66. The Morgan fingerprint density at radius 3 is 2.65 bits per heavy atom. The van der Waals surface area contributed by atoms with Crippen LogP contribution in [0.2, 0.25) is 0 Å². The number of esters is 1. The van der Waals surface area contributed by atoms with E-state index >= 15 is 0 Å². The number of ether oxygens (including phenoxy) is 2. The number of hydrogen-bond donors (Lipinski definition) is 1. The number of thiophene rings is 1. The van der Waals surface area contributed by atoms with Gasteiger partial charge in [0.05, 0.1) is 19.0 Å². The van der Waals surface area contributed by atoms with Crippen molar-refractivity contribution in [1.29, 1.82) is 0 Å². The van der Waals surface area contributed by atoms with Gasteiger partial charge in [0.1, 0.15) is 30.4 Å². The van der Waals surface area contributed by atoms with Crippen molar-refractivity contribution in [3.05, 3.63) is 33.4 Å². The van der Waals surface area contributed by atoms with E-state index < -0.39 is 11.6 Å². The van der Waals surface area contributed by atoms with Crippen LogP contribution in [0.15, 0.2) is 28.5 Å². The number of epoxide rings is 1. The lowest BCUT2D eigenvalue weighted by atomic mass is 9.95. The number of fused-ring (bicyclic) bond motifs is 5. The molecule has 0 amide bonds. The number of rotatable bonds is 4. The number of quaternary nitrogens is 1. The minimum Gasteiger partial charge on any atom is -0.459 e. The molecule has 26 heavy (non-hydrogen) atoms. The highest BCUT2D eigenvalue weighted by atomic mass is 32.2. The quantitative estimate of drug-likeness (QED) is 0.482. The van der Waals surface area contributed by atoms with E-state index in [0.717, 1.165) is 29.5 Å². The molecule has 4 aliphatic rings. The van der Waals surface area contributed by atoms with Crippen LogP contribution in [0.5, 0.6) is 0 Å². The average molecular weight is 395 g/mol. The highest BCUT2D eigenvalue weighted by molar-refractivity contribution is 8.03. The average Bonchev–Trinajstić information content (AvgIpc) is 2.98. The van der Waals surface area contributed by atoms with Crippen molar-refractivity contribution >= 4 is 29.1 Å². The predicted octanol–water partition coefficient (Wildman–Crippen LogP) is 2.26. The van der Waals surface area contributed by atoms with Crippen molar-refractivity contribution in [3.8, 4) is 0 Å². The Kier molecular flexibility index (Phi) is 3.86. The zero-order valence-corrected chi connectivity index (χ0v) is 16.6. The number of hydrogen-bond acceptors (Lipinski definition) is 6. The molecule has 1 aromatic rings. The van der Waals surface area contributed by atoms with E-state index in [2.05, 4.69) is 14.1 Å². The number of carbonyl (C=O) groups is 1. The number of nitrogens with zero attached hydrogens (tertiary/aromatic N) is 1. The van der Waals surface area contributed by atoms with Crippen molar-refractivity contribution in [1.82, 2.24) is 0 Å². The monoisotopic (exact) mass is 394 g/mol. The number of carbonyl (C=O) groups excluding carboxylic acids is 1. The van der Waals surface area contributed by atoms with Crippen LogP contribution in [-0.4, -0.2) is 65.8 Å². The molecule has 0 spiro atoms. The van der Waals surface area contributed by atoms with E-state index in [4.69, 9.17) is 9.47 Å². The second kappa shape index (κ2) is 5.82. The topological polar surface area (TPSA) is 59.1 Å². The van der Waals surface area contributed by atoms with Gasteiger partial charge in [-0.25, -0.2) is 4.79 Å². The molecule has 0 aliphatic carbocycles. The summed E-state index contributed by atoms with van der Waals surface area (Å²) in [5, 5.41) is 13.3. The molecule has 5 heterocycles. The maximum absolute atomic E-state index is 13.2. The summed E-state index contributed by atoms with van der Waals surface area (Å²) in [5.74, 6) is 0.378. The van der Waals surface area contributed by atoms with E-state index in [0.29, 0.717) is 34.1 Å². The molecule has 140 valence electrons. The van der Waals surface area contributed by atoms with Gasteiger partial charge in [0.2, 0.25) is 5.60 Å². The summed E-state index contributed by atoms with van der Waals surface area (Å²) < 4.78 is 12.7. The van der Waals surface area contributed by atoms with E-state index in [1.54, 1.807) is 11.8 Å². The molecule has 0 saturated carbocycles. The van der Waals surface area contributed by atoms with Crippen LogP contribution in [0, 0.1) is 0 Å². The molecule has 0 aromatic carbocycles. The first-order valence-corrected chi connectivity index (χ1v) is 11.1. The number of aliphatic hydroxyl groups is 1. The highest BCUT2D eigenvalue weighted by Crippen LogP contribution is 2.52. The van der Waals surface area contributed by atoms with E-state index in [1.165, 1.54) is 11.3 Å². The highest BCUT2D eigenvalue weighted by Gasteiger charge is 2.71. The molecular formula is C19H24NO4S2+. The Balaban J connectivity index is 1.38. The van der Waals surface area contributed by atoms with E-state index in [1.807, 2.05) is 23.6 Å². The lowest BCUT2D eigenvalue weighted by Crippen LogP contribution is -2.60. The second-order valence-corrected chi connectivity index (χ2v) is 10.3. The molecule has 2 bridgehead atoms. The summed E-state index contributed by atoms with van der Waals surface area (Å²) in [5.41, 5.74) is -1.66. The van der Waals surface area contributed by atoms with Crippen LogP contribution in [0.1, 0.15) is 24.1 Å². The van der Waals surface area contributed by atoms with Crippen LogP contribution in [0.3, 0.4) is 0 Å². The summed E-state index contributed by atoms with van der Waals surface area (Å²) >= 11 is 2.95. The molecule has 5 nitrogen and oxygen atoms in total. The van der Waals surface area contributed by atoms with Gasteiger partial charge in [-0.05, 0) is 17.9 Å². The lowest BCUT2D eigenvalue weighted by Gasteiger charge is -2.45. The van der Waals surface area contributed by atoms with Gasteiger partial charge in [-0.1, -0.05) is 12.1 Å². The maximum atomic E-state index is 13.2. The fraction of sp³-hybridized carbons (Fsp3) is 0.632. The summed E-state index contributed by atoms with van der Waals surface area (Å²) in [6.07, 6.45) is 4.97. The Bertz CT molecular complexity index is 742. The maximum Gasteiger partial charge on any atom is 0.349 e. The van der Waals surface area contributed by atoms with Gasteiger partial charge in [-0.15, -0.1) is 23.1 Å². The standard InChI is InChI=1S/C19H24NO4S2/c1-20(2)12-9-11(10-13(20)17-16(12)24-17)23-18(21)19(22,14-5-3-7-25-14)15-6-4-8-26-15/h3,5-7,11-13,16-17,22H,4,8-10H2,1-2H3/q+1. The zero-order valence-electron chi connectivity index (χ0n) is 15.0. The van der Waals surface area contributed by atoms with Crippen LogP contribution in [0.25, 0.3) is 0 Å². The van der Waals surface area contributed by atoms with Crippen molar-refractivity contribution in [2.45, 2.75) is 55.3 Å². The third-order valence-corrected chi connectivity index (χ3v) is 8.74. The Labute approximate surface area is 161 Å². The molecule has 4 aliphatic heterocycles. The number of morpholine rings is 1. The number of thioether (sulfide) groups is 1. The SMILES string of the molecule is C[N+]1(C)C2CC(OC(=O)C(O)(C3=CCCS3)c3cccs3)CC1C1OC12. The van der Waals surface area contributed by atoms with Gasteiger partial charge < -0.3 is 19.1 Å². The molecule has 7 heteroatoms. The third kappa shape index (κ3) is 2.37. The Morgan fingerprint density at radius 2 is 2.08 bits per heavy atom. The first-order valence-electron chi connectivity index (χ1n) is 9.22. The molecule has 5 unspecified atom stereocenters. The summed E-state index contributed by atoms with van der Waals surface area (Å²) in [6, 6.07) is 4.45. The van der Waals surface area contributed by atoms with Crippen LogP contribution in [-0.2, 0) is 19.9 Å². The largest absolute Gasteiger partial charge is 0.459 e. The van der Waals surface area contributed by atoms with Crippen LogP contribution < -0.4 is 0 Å². The third-order valence-electron chi connectivity index (χ3n) is 6.55.